The number of hydrogen-bond acceptors (Lipinski definition) is 4. The van der Waals surface area contributed by atoms with Crippen LogP contribution < -0.4 is 15.1 Å². The van der Waals surface area contributed by atoms with E-state index in [9.17, 15) is 4.79 Å². The van der Waals surface area contributed by atoms with Gasteiger partial charge in [0.25, 0.3) is 0 Å². The maximum Gasteiger partial charge on any atom is 0.336 e. The molecule has 3 aromatic rings. The molecule has 0 saturated carbocycles. The minimum absolute atomic E-state index is 0.378. The second-order valence-corrected chi connectivity index (χ2v) is 7.25. The number of unbranched alkanes of at least 4 members (excludes halogenated alkanes) is 4. The van der Waals surface area contributed by atoms with Gasteiger partial charge < -0.3 is 13.9 Å². The van der Waals surface area contributed by atoms with Crippen LogP contribution >= 0.6 is 0 Å². The monoisotopic (exact) mass is 394 g/mol. The highest BCUT2D eigenvalue weighted by Gasteiger charge is 2.15. The van der Waals surface area contributed by atoms with Crippen LogP contribution in [0.2, 0.25) is 0 Å². The zero-order valence-corrected chi connectivity index (χ0v) is 17.4. The summed E-state index contributed by atoms with van der Waals surface area (Å²) >= 11 is 0. The van der Waals surface area contributed by atoms with Crippen LogP contribution in [0.5, 0.6) is 11.5 Å². The van der Waals surface area contributed by atoms with Crippen LogP contribution in [0.1, 0.15) is 52.4 Å². The Bertz CT molecular complexity index is 960. The fourth-order valence-corrected chi connectivity index (χ4v) is 3.36. The van der Waals surface area contributed by atoms with Gasteiger partial charge in [0, 0.05) is 23.8 Å². The molecule has 154 valence electrons. The van der Waals surface area contributed by atoms with Crippen molar-refractivity contribution in [2.75, 3.05) is 13.2 Å². The number of hydrogen-bond donors (Lipinski definition) is 0. The van der Waals surface area contributed by atoms with Crippen LogP contribution in [0, 0.1) is 0 Å². The Morgan fingerprint density at radius 3 is 2.21 bits per heavy atom. The molecule has 2 aromatic carbocycles. The molecule has 3 rings (SSSR count). The first-order valence-corrected chi connectivity index (χ1v) is 10.7. The number of fused-ring (bicyclic) bond motifs is 1. The first kappa shape index (κ1) is 21.0. The molecule has 0 aliphatic rings. The van der Waals surface area contributed by atoms with Crippen molar-refractivity contribution < 1.29 is 13.9 Å². The van der Waals surface area contributed by atoms with E-state index in [1.165, 1.54) is 0 Å². The van der Waals surface area contributed by atoms with E-state index in [0.717, 1.165) is 55.0 Å². The molecule has 4 heteroatoms. The molecule has 1 aromatic heterocycles. The van der Waals surface area contributed by atoms with Gasteiger partial charge in [0.2, 0.25) is 0 Å². The molecule has 29 heavy (non-hydrogen) atoms. The van der Waals surface area contributed by atoms with Gasteiger partial charge in [-0.3, -0.25) is 0 Å². The molecular weight excluding hydrogens is 364 g/mol. The lowest BCUT2D eigenvalue weighted by atomic mass is 10.0. The topological polar surface area (TPSA) is 48.7 Å². The van der Waals surface area contributed by atoms with E-state index in [1.54, 1.807) is 12.1 Å². The molecule has 0 saturated heterocycles. The number of benzene rings is 2. The molecule has 0 unspecified atom stereocenters. The molecule has 0 radical (unpaired) electrons. The van der Waals surface area contributed by atoms with Crippen molar-refractivity contribution >= 4 is 11.0 Å². The van der Waals surface area contributed by atoms with Crippen LogP contribution in [0.4, 0.5) is 0 Å². The van der Waals surface area contributed by atoms with Crippen molar-refractivity contribution in [3.63, 3.8) is 0 Å². The first-order chi connectivity index (χ1) is 14.2. The standard InChI is InChI=1S/C25H30O4/c1-3-5-10-14-27-20-16-22(28-15-11-6-4-2)25-21(19-12-8-7-9-13-19)18-24(26)29-23(25)17-20/h7-9,12-13,16-18H,3-6,10-11,14-15H2,1-2H3. The predicted octanol–water partition coefficient (Wildman–Crippen LogP) is 6.60. The van der Waals surface area contributed by atoms with E-state index in [0.29, 0.717) is 30.3 Å². The van der Waals surface area contributed by atoms with Gasteiger partial charge in [0.15, 0.2) is 0 Å². The third-order valence-electron chi connectivity index (χ3n) is 4.89. The Balaban J connectivity index is 2.03. The Morgan fingerprint density at radius 2 is 1.52 bits per heavy atom. The average Bonchev–Trinajstić information content (AvgIpc) is 2.74. The lowest BCUT2D eigenvalue weighted by molar-refractivity contribution is 0.293. The van der Waals surface area contributed by atoms with Crippen molar-refractivity contribution in [2.45, 2.75) is 52.4 Å². The maximum atomic E-state index is 12.3. The summed E-state index contributed by atoms with van der Waals surface area (Å²) in [5.41, 5.74) is 1.89. The Hall–Kier alpha value is -2.75. The largest absolute Gasteiger partial charge is 0.493 e. The first-order valence-electron chi connectivity index (χ1n) is 10.7. The second-order valence-electron chi connectivity index (χ2n) is 7.25. The summed E-state index contributed by atoms with van der Waals surface area (Å²) in [6, 6.07) is 15.1. The van der Waals surface area contributed by atoms with E-state index in [2.05, 4.69) is 13.8 Å². The van der Waals surface area contributed by atoms with Gasteiger partial charge in [-0.05, 0) is 18.4 Å². The summed E-state index contributed by atoms with van der Waals surface area (Å²) in [4.78, 5) is 12.3. The van der Waals surface area contributed by atoms with Crippen molar-refractivity contribution in [3.8, 4) is 22.6 Å². The highest BCUT2D eigenvalue weighted by molar-refractivity contribution is 5.98. The van der Waals surface area contributed by atoms with Crippen LogP contribution in [0.15, 0.2) is 57.7 Å². The highest BCUT2D eigenvalue weighted by atomic mass is 16.5. The van der Waals surface area contributed by atoms with E-state index in [4.69, 9.17) is 13.9 Å². The molecule has 0 amide bonds. The molecule has 0 fully saturated rings. The zero-order valence-electron chi connectivity index (χ0n) is 17.4. The summed E-state index contributed by atoms with van der Waals surface area (Å²) in [7, 11) is 0. The number of ether oxygens (including phenoxy) is 2. The SMILES string of the molecule is CCCCCOc1cc(OCCCCC)c2c(-c3ccccc3)cc(=O)oc2c1. The van der Waals surface area contributed by atoms with Crippen LogP contribution in [-0.4, -0.2) is 13.2 Å². The minimum Gasteiger partial charge on any atom is -0.493 e. The average molecular weight is 395 g/mol. The lowest BCUT2D eigenvalue weighted by Crippen LogP contribution is -2.04. The molecule has 0 aliphatic heterocycles. The summed E-state index contributed by atoms with van der Waals surface area (Å²) in [5.74, 6) is 1.37. The van der Waals surface area contributed by atoms with Crippen molar-refractivity contribution in [2.24, 2.45) is 0 Å². The van der Waals surface area contributed by atoms with E-state index >= 15 is 0 Å². The minimum atomic E-state index is -0.378. The van der Waals surface area contributed by atoms with Gasteiger partial charge in [0.05, 0.1) is 18.6 Å². The number of rotatable bonds is 11. The smallest absolute Gasteiger partial charge is 0.336 e. The van der Waals surface area contributed by atoms with Crippen molar-refractivity contribution in [1.29, 1.82) is 0 Å². The van der Waals surface area contributed by atoms with E-state index in [1.807, 2.05) is 36.4 Å². The summed E-state index contributed by atoms with van der Waals surface area (Å²) in [6.07, 6.45) is 6.50. The molecule has 1 heterocycles. The van der Waals surface area contributed by atoms with E-state index in [-0.39, 0.29) is 5.63 Å². The Kier molecular flexibility index (Phi) is 7.74. The second kappa shape index (κ2) is 10.7. The van der Waals surface area contributed by atoms with Crippen molar-refractivity contribution in [1.82, 2.24) is 0 Å². The molecule has 0 atom stereocenters. The van der Waals surface area contributed by atoms with Gasteiger partial charge in [-0.15, -0.1) is 0 Å². The Labute approximate surface area is 172 Å². The normalized spacial score (nSPS) is 11.0. The molecule has 0 bridgehead atoms. The van der Waals surface area contributed by atoms with Gasteiger partial charge >= 0.3 is 5.63 Å². The van der Waals surface area contributed by atoms with Gasteiger partial charge in [-0.25, -0.2) is 4.79 Å². The lowest BCUT2D eigenvalue weighted by Gasteiger charge is -2.15. The Morgan fingerprint density at radius 1 is 0.828 bits per heavy atom. The molecule has 0 aliphatic carbocycles. The molecule has 4 nitrogen and oxygen atoms in total. The zero-order chi connectivity index (χ0) is 20.5. The highest BCUT2D eigenvalue weighted by Crippen LogP contribution is 2.37. The van der Waals surface area contributed by atoms with Gasteiger partial charge in [0.1, 0.15) is 17.1 Å². The quantitative estimate of drug-likeness (QED) is 0.272. The fourth-order valence-electron chi connectivity index (χ4n) is 3.36. The third kappa shape index (κ3) is 5.63. The van der Waals surface area contributed by atoms with Gasteiger partial charge in [-0.1, -0.05) is 69.9 Å². The molecular formula is C25H30O4. The molecule has 0 spiro atoms. The van der Waals surface area contributed by atoms with Crippen LogP contribution in [-0.2, 0) is 0 Å². The van der Waals surface area contributed by atoms with Crippen LogP contribution in [0.3, 0.4) is 0 Å². The van der Waals surface area contributed by atoms with E-state index < -0.39 is 0 Å². The molecule has 0 N–H and O–H groups in total. The van der Waals surface area contributed by atoms with Crippen LogP contribution in [0.25, 0.3) is 22.1 Å². The maximum absolute atomic E-state index is 12.3. The summed E-state index contributed by atoms with van der Waals surface area (Å²) in [6.45, 7) is 5.59. The predicted molar refractivity (Wildman–Crippen MR) is 118 cm³/mol. The third-order valence-corrected chi connectivity index (χ3v) is 4.89. The summed E-state index contributed by atoms with van der Waals surface area (Å²) in [5, 5.41) is 0.813. The van der Waals surface area contributed by atoms with Gasteiger partial charge in [-0.2, -0.15) is 0 Å². The van der Waals surface area contributed by atoms with Crippen molar-refractivity contribution in [3.05, 3.63) is 59.0 Å². The summed E-state index contributed by atoms with van der Waals surface area (Å²) < 4.78 is 17.6. The fraction of sp³-hybridized carbons (Fsp3) is 0.400.